The lowest BCUT2D eigenvalue weighted by Crippen LogP contribution is -2.33. The molecule has 0 atom stereocenters. The smallest absolute Gasteiger partial charge is 0.305 e. The zero-order valence-corrected chi connectivity index (χ0v) is 11.5. The Balaban J connectivity index is 3.08. The van der Waals surface area contributed by atoms with Crippen molar-refractivity contribution in [3.63, 3.8) is 0 Å². The third kappa shape index (κ3) is 4.47. The molecule has 0 aliphatic heterocycles. The van der Waals surface area contributed by atoms with Crippen molar-refractivity contribution in [1.29, 1.82) is 0 Å². The molecular formula is C14H16F3NO3. The van der Waals surface area contributed by atoms with Crippen molar-refractivity contribution in [3.8, 4) is 0 Å². The highest BCUT2D eigenvalue weighted by Gasteiger charge is 2.23. The van der Waals surface area contributed by atoms with Gasteiger partial charge in [-0.3, -0.25) is 9.59 Å². The number of halogens is 3. The van der Waals surface area contributed by atoms with Crippen molar-refractivity contribution in [2.24, 2.45) is 0 Å². The van der Waals surface area contributed by atoms with Crippen molar-refractivity contribution in [2.45, 2.75) is 32.6 Å². The van der Waals surface area contributed by atoms with Gasteiger partial charge in [0.1, 0.15) is 0 Å². The molecule has 0 saturated heterocycles. The van der Waals surface area contributed by atoms with E-state index in [0.717, 1.165) is 17.4 Å². The van der Waals surface area contributed by atoms with Gasteiger partial charge in [-0.1, -0.05) is 13.3 Å². The van der Waals surface area contributed by atoms with Crippen LogP contribution < -0.4 is 4.90 Å². The molecule has 0 unspecified atom stereocenters. The van der Waals surface area contributed by atoms with E-state index in [1.54, 1.807) is 0 Å². The van der Waals surface area contributed by atoms with E-state index < -0.39 is 41.4 Å². The number of aliphatic carboxylic acids is 1. The van der Waals surface area contributed by atoms with Gasteiger partial charge < -0.3 is 10.0 Å². The number of hydrogen-bond donors (Lipinski definition) is 1. The molecule has 1 aromatic carbocycles. The summed E-state index contributed by atoms with van der Waals surface area (Å²) >= 11 is 0. The fourth-order valence-corrected chi connectivity index (χ4v) is 1.77. The summed E-state index contributed by atoms with van der Waals surface area (Å²) in [5.74, 6) is -6.24. The highest BCUT2D eigenvalue weighted by Crippen LogP contribution is 2.24. The average Bonchev–Trinajstić information content (AvgIpc) is 2.44. The molecule has 1 amide bonds. The van der Waals surface area contributed by atoms with Crippen molar-refractivity contribution in [2.75, 3.05) is 11.4 Å². The number of nitrogens with zero attached hydrogens (tertiary/aromatic N) is 1. The molecule has 0 radical (unpaired) electrons. The molecular weight excluding hydrogens is 287 g/mol. The average molecular weight is 303 g/mol. The minimum absolute atomic E-state index is 0.0779. The van der Waals surface area contributed by atoms with Gasteiger partial charge in [-0.2, -0.15) is 0 Å². The summed E-state index contributed by atoms with van der Waals surface area (Å²) in [6.45, 7) is 1.55. The Bertz CT molecular complexity index is 534. The topological polar surface area (TPSA) is 57.6 Å². The molecule has 7 heteroatoms. The molecule has 1 N–H and O–H groups in total. The van der Waals surface area contributed by atoms with Crippen molar-refractivity contribution < 1.29 is 27.9 Å². The lowest BCUT2D eigenvalue weighted by atomic mass is 10.2. The molecule has 0 aliphatic carbocycles. The van der Waals surface area contributed by atoms with Gasteiger partial charge in [-0.25, -0.2) is 13.2 Å². The van der Waals surface area contributed by atoms with Gasteiger partial charge in [-0.15, -0.1) is 0 Å². The van der Waals surface area contributed by atoms with Crippen LogP contribution in [0.25, 0.3) is 0 Å². The van der Waals surface area contributed by atoms with E-state index in [1.807, 2.05) is 6.92 Å². The number of rotatable bonds is 7. The fourth-order valence-electron chi connectivity index (χ4n) is 1.77. The van der Waals surface area contributed by atoms with Crippen LogP contribution in [0.1, 0.15) is 32.6 Å². The molecule has 0 bridgehead atoms. The Kier molecular flexibility index (Phi) is 6.20. The van der Waals surface area contributed by atoms with Crippen molar-refractivity contribution >= 4 is 17.6 Å². The largest absolute Gasteiger partial charge is 0.481 e. The highest BCUT2D eigenvalue weighted by molar-refractivity contribution is 5.93. The summed E-state index contributed by atoms with van der Waals surface area (Å²) in [4.78, 5) is 23.5. The normalized spacial score (nSPS) is 10.5. The van der Waals surface area contributed by atoms with Gasteiger partial charge in [0, 0.05) is 13.0 Å². The van der Waals surface area contributed by atoms with Crippen LogP contribution in [-0.2, 0) is 9.59 Å². The fraction of sp³-hybridized carbons (Fsp3) is 0.429. The van der Waals surface area contributed by atoms with Gasteiger partial charge in [0.25, 0.3) is 0 Å². The maximum Gasteiger partial charge on any atom is 0.305 e. The SMILES string of the molecule is CCCCC(=O)N(CCC(=O)O)c1ccc(F)c(F)c1F. The summed E-state index contributed by atoms with van der Waals surface area (Å²) in [7, 11) is 0. The van der Waals surface area contributed by atoms with Crippen LogP contribution in [0.3, 0.4) is 0 Å². The predicted octanol–water partition coefficient (Wildman–Crippen LogP) is 3.10. The van der Waals surface area contributed by atoms with Crippen LogP contribution in [0.15, 0.2) is 12.1 Å². The number of unbranched alkanes of at least 4 members (excludes halogenated alkanes) is 1. The van der Waals surface area contributed by atoms with E-state index in [1.165, 1.54) is 0 Å². The molecule has 0 fully saturated rings. The van der Waals surface area contributed by atoms with Gasteiger partial charge in [-0.05, 0) is 18.6 Å². The number of carbonyl (C=O) groups is 2. The minimum atomic E-state index is -1.68. The van der Waals surface area contributed by atoms with Crippen LogP contribution in [0.2, 0.25) is 0 Å². The highest BCUT2D eigenvalue weighted by atomic mass is 19.2. The predicted molar refractivity (Wildman–Crippen MR) is 70.4 cm³/mol. The molecule has 21 heavy (non-hydrogen) atoms. The quantitative estimate of drug-likeness (QED) is 0.787. The Morgan fingerprint density at radius 1 is 1.14 bits per heavy atom. The molecule has 0 aromatic heterocycles. The molecule has 0 heterocycles. The van der Waals surface area contributed by atoms with E-state index in [0.29, 0.717) is 12.5 Å². The third-order valence-electron chi connectivity index (χ3n) is 2.90. The molecule has 0 saturated carbocycles. The monoisotopic (exact) mass is 303 g/mol. The van der Waals surface area contributed by atoms with E-state index in [2.05, 4.69) is 0 Å². The lowest BCUT2D eigenvalue weighted by Gasteiger charge is -2.23. The Hall–Kier alpha value is -2.05. The number of carbonyl (C=O) groups excluding carboxylic acids is 1. The lowest BCUT2D eigenvalue weighted by molar-refractivity contribution is -0.136. The van der Waals surface area contributed by atoms with Crippen LogP contribution in [0.4, 0.5) is 18.9 Å². The van der Waals surface area contributed by atoms with Crippen molar-refractivity contribution in [1.82, 2.24) is 0 Å². The van der Waals surface area contributed by atoms with Crippen LogP contribution in [0.5, 0.6) is 0 Å². The number of carboxylic acids is 1. The summed E-state index contributed by atoms with van der Waals surface area (Å²) in [5.41, 5.74) is -0.448. The van der Waals surface area contributed by atoms with Crippen LogP contribution in [-0.4, -0.2) is 23.5 Å². The van der Waals surface area contributed by atoms with E-state index in [-0.39, 0.29) is 13.0 Å². The van der Waals surface area contributed by atoms with Gasteiger partial charge >= 0.3 is 5.97 Å². The molecule has 0 aliphatic rings. The van der Waals surface area contributed by atoms with Gasteiger partial charge in [0.05, 0.1) is 12.1 Å². The number of anilines is 1. The number of benzene rings is 1. The van der Waals surface area contributed by atoms with Gasteiger partial charge in [0.2, 0.25) is 5.91 Å². The molecule has 1 aromatic rings. The molecule has 116 valence electrons. The van der Waals surface area contributed by atoms with E-state index >= 15 is 0 Å². The minimum Gasteiger partial charge on any atom is -0.481 e. The first-order chi connectivity index (χ1) is 9.88. The number of hydrogen-bond acceptors (Lipinski definition) is 2. The zero-order valence-electron chi connectivity index (χ0n) is 11.5. The molecule has 1 rings (SSSR count). The maximum absolute atomic E-state index is 13.8. The summed E-state index contributed by atoms with van der Waals surface area (Å²) in [6, 6.07) is 1.63. The second kappa shape index (κ2) is 7.66. The van der Waals surface area contributed by atoms with Crippen LogP contribution in [0, 0.1) is 17.5 Å². The van der Waals surface area contributed by atoms with Gasteiger partial charge in [0.15, 0.2) is 17.5 Å². The zero-order chi connectivity index (χ0) is 16.0. The van der Waals surface area contributed by atoms with E-state index in [4.69, 9.17) is 5.11 Å². The van der Waals surface area contributed by atoms with E-state index in [9.17, 15) is 22.8 Å². The van der Waals surface area contributed by atoms with Crippen molar-refractivity contribution in [3.05, 3.63) is 29.6 Å². The second-order valence-electron chi connectivity index (χ2n) is 4.49. The summed E-state index contributed by atoms with van der Waals surface area (Å²) in [6.07, 6.45) is 0.914. The summed E-state index contributed by atoms with van der Waals surface area (Å²) in [5, 5.41) is 8.67. The first-order valence-electron chi connectivity index (χ1n) is 6.54. The maximum atomic E-state index is 13.8. The Morgan fingerprint density at radius 3 is 2.38 bits per heavy atom. The third-order valence-corrected chi connectivity index (χ3v) is 2.90. The second-order valence-corrected chi connectivity index (χ2v) is 4.49. The van der Waals surface area contributed by atoms with Crippen LogP contribution >= 0.6 is 0 Å². The first kappa shape index (κ1) is 17.0. The number of carboxylic acid groups (broad SMARTS) is 1. The molecule has 0 spiro atoms. The number of amides is 1. The molecule has 4 nitrogen and oxygen atoms in total. The summed E-state index contributed by atoms with van der Waals surface area (Å²) < 4.78 is 40.0. The standard InChI is InChI=1S/C14H16F3NO3/c1-2-3-4-11(19)18(8-7-12(20)21)10-6-5-9(15)13(16)14(10)17/h5-6H,2-4,7-8H2,1H3,(H,20,21). The Labute approximate surface area is 120 Å². The Morgan fingerprint density at radius 2 is 1.81 bits per heavy atom. The first-order valence-corrected chi connectivity index (χ1v) is 6.54.